The number of rotatable bonds is 1. The van der Waals surface area contributed by atoms with Crippen LogP contribution in [0.2, 0.25) is 0 Å². The van der Waals surface area contributed by atoms with Crippen molar-refractivity contribution in [1.82, 2.24) is 19.9 Å². The van der Waals surface area contributed by atoms with Crippen LogP contribution in [0.3, 0.4) is 0 Å². The fourth-order valence-electron chi connectivity index (χ4n) is 3.19. The normalized spacial score (nSPS) is 12.7. The molecular formula is C21H15ClN4. The summed E-state index contributed by atoms with van der Waals surface area (Å²) in [6, 6.07) is 14.2. The predicted octanol–water partition coefficient (Wildman–Crippen LogP) is 5.39. The van der Waals surface area contributed by atoms with E-state index in [1.807, 2.05) is 60.7 Å². The molecule has 0 radical (unpaired) electrons. The fraction of sp³-hybridized carbons (Fsp3) is 0.0476. The van der Waals surface area contributed by atoms with Gasteiger partial charge in [0.25, 0.3) is 0 Å². The van der Waals surface area contributed by atoms with Gasteiger partial charge in [0.05, 0.1) is 22.8 Å². The predicted molar refractivity (Wildman–Crippen MR) is 108 cm³/mol. The molecule has 0 amide bonds. The third kappa shape index (κ3) is 2.85. The van der Waals surface area contributed by atoms with E-state index in [2.05, 4.69) is 26.0 Å². The minimum atomic E-state index is 0.439. The largest absolute Gasteiger partial charge is 0.355 e. The molecule has 0 aliphatic carbocycles. The molecule has 26 heavy (non-hydrogen) atoms. The van der Waals surface area contributed by atoms with Crippen LogP contribution in [0, 0.1) is 0 Å². The molecule has 2 N–H and O–H groups in total. The van der Waals surface area contributed by atoms with Crippen molar-refractivity contribution in [3.8, 4) is 0 Å². The highest BCUT2D eigenvalue weighted by Crippen LogP contribution is 2.20. The number of alkyl halides is 1. The lowest BCUT2D eigenvalue weighted by Crippen LogP contribution is -1.76. The van der Waals surface area contributed by atoms with Gasteiger partial charge in [-0.1, -0.05) is 0 Å². The van der Waals surface area contributed by atoms with Crippen molar-refractivity contribution in [1.29, 1.82) is 0 Å². The van der Waals surface area contributed by atoms with Crippen LogP contribution >= 0.6 is 11.6 Å². The van der Waals surface area contributed by atoms with Crippen LogP contribution in [0.1, 0.15) is 28.3 Å². The molecule has 2 aliphatic rings. The summed E-state index contributed by atoms with van der Waals surface area (Å²) in [6.07, 6.45) is 8.04. The summed E-state index contributed by atoms with van der Waals surface area (Å²) < 4.78 is 0. The molecule has 0 fully saturated rings. The monoisotopic (exact) mass is 358 g/mol. The van der Waals surface area contributed by atoms with Crippen molar-refractivity contribution >= 4 is 58.0 Å². The van der Waals surface area contributed by atoms with E-state index in [1.165, 1.54) is 0 Å². The van der Waals surface area contributed by atoms with Crippen molar-refractivity contribution < 1.29 is 0 Å². The number of H-pyrrole nitrogens is 2. The number of hydrogen-bond donors (Lipinski definition) is 2. The van der Waals surface area contributed by atoms with Crippen molar-refractivity contribution in [2.75, 3.05) is 0 Å². The first-order valence-electron chi connectivity index (χ1n) is 8.38. The van der Waals surface area contributed by atoms with Gasteiger partial charge >= 0.3 is 0 Å². The number of hydrogen-bond acceptors (Lipinski definition) is 2. The molecule has 5 heterocycles. The van der Waals surface area contributed by atoms with Gasteiger partial charge in [-0.25, -0.2) is 9.97 Å². The van der Waals surface area contributed by atoms with E-state index in [9.17, 15) is 0 Å². The summed E-state index contributed by atoms with van der Waals surface area (Å²) in [6.45, 7) is 0. The van der Waals surface area contributed by atoms with Crippen LogP contribution in [-0.2, 0) is 5.88 Å². The maximum absolute atomic E-state index is 6.12. The summed E-state index contributed by atoms with van der Waals surface area (Å²) in [7, 11) is 0. The summed E-state index contributed by atoms with van der Waals surface area (Å²) in [5.74, 6) is 0.439. The van der Waals surface area contributed by atoms with E-state index in [-0.39, 0.29) is 0 Å². The smallest absolute Gasteiger partial charge is 0.0658 e. The molecular weight excluding hydrogens is 344 g/mol. The molecule has 2 aliphatic heterocycles. The van der Waals surface area contributed by atoms with Crippen molar-refractivity contribution in [2.45, 2.75) is 5.88 Å². The zero-order chi connectivity index (χ0) is 17.5. The van der Waals surface area contributed by atoms with Crippen LogP contribution in [-0.4, -0.2) is 19.9 Å². The molecule has 3 aromatic heterocycles. The zero-order valence-electron chi connectivity index (χ0n) is 13.8. The Morgan fingerprint density at radius 2 is 1.19 bits per heavy atom. The van der Waals surface area contributed by atoms with Gasteiger partial charge in [-0.05, 0) is 72.3 Å². The number of aromatic amines is 2. The lowest BCUT2D eigenvalue weighted by atomic mass is 10.2. The van der Waals surface area contributed by atoms with E-state index in [0.29, 0.717) is 5.88 Å². The summed E-state index contributed by atoms with van der Waals surface area (Å²) >= 11 is 6.12. The molecule has 0 saturated carbocycles. The Balaban J connectivity index is 1.86. The van der Waals surface area contributed by atoms with Gasteiger partial charge in [-0.2, -0.15) is 0 Å². The SMILES string of the molecule is ClCc1cc2cc3nc(cc4ccc(cc5nc(cc1[nH]2)C=C5)[nH]4)C=C3. The molecule has 126 valence electrons. The van der Waals surface area contributed by atoms with Gasteiger partial charge in [-0.3, -0.25) is 0 Å². The maximum atomic E-state index is 6.12. The highest BCUT2D eigenvalue weighted by Gasteiger charge is 2.04. The third-order valence-electron chi connectivity index (χ3n) is 4.40. The maximum Gasteiger partial charge on any atom is 0.0658 e. The number of halogens is 1. The van der Waals surface area contributed by atoms with Crippen LogP contribution < -0.4 is 0 Å². The molecule has 5 rings (SSSR count). The average Bonchev–Trinajstić information content (AvgIpc) is 3.39. The third-order valence-corrected chi connectivity index (χ3v) is 4.69. The Hall–Kier alpha value is -3.11. The summed E-state index contributed by atoms with van der Waals surface area (Å²) in [5, 5.41) is 0. The number of fused-ring (bicyclic) bond motifs is 8. The first-order chi connectivity index (χ1) is 12.7. The van der Waals surface area contributed by atoms with Crippen molar-refractivity contribution in [2.24, 2.45) is 0 Å². The minimum Gasteiger partial charge on any atom is -0.355 e. The first kappa shape index (κ1) is 15.2. The first-order valence-corrected chi connectivity index (χ1v) is 8.92. The topological polar surface area (TPSA) is 57.4 Å². The summed E-state index contributed by atoms with van der Waals surface area (Å²) in [4.78, 5) is 16.1. The van der Waals surface area contributed by atoms with Crippen molar-refractivity contribution in [3.05, 3.63) is 70.8 Å². The number of aromatic nitrogens is 4. The molecule has 0 saturated heterocycles. The fourth-order valence-corrected chi connectivity index (χ4v) is 3.41. The Labute approximate surface area is 154 Å². The Morgan fingerprint density at radius 1 is 0.654 bits per heavy atom. The Kier molecular flexibility index (Phi) is 3.50. The van der Waals surface area contributed by atoms with Crippen LogP contribution in [0.5, 0.6) is 0 Å². The Bertz CT molecular complexity index is 1230. The van der Waals surface area contributed by atoms with Crippen LogP contribution in [0.25, 0.3) is 46.4 Å². The van der Waals surface area contributed by atoms with E-state index in [0.717, 1.165) is 50.4 Å². The number of nitrogens with one attached hydrogen (secondary N) is 2. The van der Waals surface area contributed by atoms with Gasteiger partial charge in [0.2, 0.25) is 0 Å². The van der Waals surface area contributed by atoms with E-state index in [4.69, 9.17) is 11.6 Å². The Morgan fingerprint density at radius 3 is 1.77 bits per heavy atom. The van der Waals surface area contributed by atoms with Gasteiger partial charge < -0.3 is 9.97 Å². The molecule has 0 aromatic carbocycles. The van der Waals surface area contributed by atoms with Gasteiger partial charge in [-0.15, -0.1) is 11.6 Å². The average molecular weight is 359 g/mol. The molecule has 4 nitrogen and oxygen atoms in total. The zero-order valence-corrected chi connectivity index (χ0v) is 14.6. The van der Waals surface area contributed by atoms with Gasteiger partial charge in [0, 0.05) is 27.9 Å². The molecule has 3 aromatic rings. The summed E-state index contributed by atoms with van der Waals surface area (Å²) in [5.41, 5.74) is 8.65. The molecule has 0 spiro atoms. The standard InChI is InChI=1S/C21H15ClN4/c22-12-13-7-20-10-18-4-3-16(24-18)8-14-1-2-15(23-14)9-17-5-6-19(25-17)11-21(13)26-20/h1-11,23,26H,12H2. The van der Waals surface area contributed by atoms with E-state index < -0.39 is 0 Å². The van der Waals surface area contributed by atoms with Crippen LogP contribution in [0.4, 0.5) is 0 Å². The molecule has 0 unspecified atom stereocenters. The lowest BCUT2D eigenvalue weighted by Gasteiger charge is -1.88. The molecule has 5 heteroatoms. The van der Waals surface area contributed by atoms with E-state index >= 15 is 0 Å². The second kappa shape index (κ2) is 6.00. The number of nitrogens with zero attached hydrogens (tertiary/aromatic N) is 2. The minimum absolute atomic E-state index is 0.439. The highest BCUT2D eigenvalue weighted by atomic mass is 35.5. The quantitative estimate of drug-likeness (QED) is 0.394. The second-order valence-corrected chi connectivity index (χ2v) is 6.60. The molecule has 8 bridgehead atoms. The lowest BCUT2D eigenvalue weighted by molar-refractivity contribution is 1.31. The molecule has 0 atom stereocenters. The van der Waals surface area contributed by atoms with E-state index in [1.54, 1.807) is 0 Å². The van der Waals surface area contributed by atoms with Gasteiger partial charge in [0.15, 0.2) is 0 Å². The highest BCUT2D eigenvalue weighted by molar-refractivity contribution is 6.17. The van der Waals surface area contributed by atoms with Gasteiger partial charge in [0.1, 0.15) is 0 Å². The van der Waals surface area contributed by atoms with Crippen LogP contribution in [0.15, 0.2) is 42.5 Å². The van der Waals surface area contributed by atoms with Crippen molar-refractivity contribution in [3.63, 3.8) is 0 Å². The second-order valence-electron chi connectivity index (χ2n) is 6.33.